The Morgan fingerprint density at radius 1 is 1.71 bits per heavy atom. The van der Waals surface area contributed by atoms with Gasteiger partial charge in [-0.25, -0.2) is 0 Å². The molecule has 14 heavy (non-hydrogen) atoms. The summed E-state index contributed by atoms with van der Waals surface area (Å²) >= 11 is 4.43. The van der Waals surface area contributed by atoms with Crippen LogP contribution in [0.15, 0.2) is 4.47 Å². The lowest BCUT2D eigenvalue weighted by Crippen LogP contribution is -2.24. The molecule has 1 fully saturated rings. The van der Waals surface area contributed by atoms with E-state index in [4.69, 9.17) is 4.74 Å². The van der Waals surface area contributed by atoms with Gasteiger partial charge in [-0.1, -0.05) is 0 Å². The van der Waals surface area contributed by atoms with Crippen molar-refractivity contribution in [2.75, 3.05) is 7.11 Å². The molecule has 0 radical (unpaired) electrons. The number of nitrogens with zero attached hydrogens (tertiary/aromatic N) is 1. The van der Waals surface area contributed by atoms with E-state index in [1.807, 2.05) is 0 Å². The number of nitrogens with one attached hydrogen (secondary N) is 1. The van der Waals surface area contributed by atoms with Gasteiger partial charge in [0.05, 0.1) is 7.11 Å². The third-order valence-electron chi connectivity index (χ3n) is 1.92. The Labute approximate surface area is 93.9 Å². The van der Waals surface area contributed by atoms with E-state index in [2.05, 4.69) is 25.6 Å². The minimum atomic E-state index is -0.0693. The Balaban J connectivity index is 2.13. The van der Waals surface area contributed by atoms with Gasteiger partial charge in [-0.3, -0.25) is 4.79 Å². The predicted molar refractivity (Wildman–Crippen MR) is 56.9 cm³/mol. The van der Waals surface area contributed by atoms with Gasteiger partial charge >= 0.3 is 0 Å². The summed E-state index contributed by atoms with van der Waals surface area (Å²) in [6.07, 6.45) is 2.17. The number of ether oxygens (including phenoxy) is 1. The largest absolute Gasteiger partial charge is 0.480 e. The van der Waals surface area contributed by atoms with Gasteiger partial charge in [-0.15, -0.1) is 0 Å². The van der Waals surface area contributed by atoms with Gasteiger partial charge in [0, 0.05) is 6.04 Å². The van der Waals surface area contributed by atoms with E-state index < -0.39 is 0 Å². The van der Waals surface area contributed by atoms with Crippen LogP contribution >= 0.6 is 27.5 Å². The number of amides is 1. The van der Waals surface area contributed by atoms with Gasteiger partial charge in [-0.05, 0) is 40.3 Å². The molecule has 1 amide bonds. The number of methoxy groups -OCH3 is 1. The van der Waals surface area contributed by atoms with E-state index >= 15 is 0 Å². The van der Waals surface area contributed by atoms with E-state index in [9.17, 15) is 4.79 Å². The summed E-state index contributed by atoms with van der Waals surface area (Å²) in [5, 5.41) is 2.89. The molecule has 0 bridgehead atoms. The zero-order valence-corrected chi connectivity index (χ0v) is 9.94. The van der Waals surface area contributed by atoms with E-state index in [0.29, 0.717) is 21.3 Å². The molecule has 6 heteroatoms. The highest BCUT2D eigenvalue weighted by Gasteiger charge is 2.26. The van der Waals surface area contributed by atoms with E-state index in [1.165, 1.54) is 7.11 Å². The van der Waals surface area contributed by atoms with Crippen LogP contribution in [-0.2, 0) is 0 Å². The zero-order chi connectivity index (χ0) is 10.1. The van der Waals surface area contributed by atoms with Crippen molar-refractivity contribution in [1.29, 1.82) is 0 Å². The highest BCUT2D eigenvalue weighted by atomic mass is 79.9. The topological polar surface area (TPSA) is 51.2 Å². The van der Waals surface area contributed by atoms with Crippen LogP contribution in [0.1, 0.15) is 22.5 Å². The smallest absolute Gasteiger partial charge is 0.264 e. The molecular formula is C8H9BrN2O2S. The molecule has 4 nitrogen and oxygen atoms in total. The van der Waals surface area contributed by atoms with E-state index in [-0.39, 0.29) is 5.91 Å². The van der Waals surface area contributed by atoms with Crippen molar-refractivity contribution < 1.29 is 9.53 Å². The van der Waals surface area contributed by atoms with Gasteiger partial charge in [0.1, 0.15) is 9.35 Å². The summed E-state index contributed by atoms with van der Waals surface area (Å²) in [5.74, 6) is 0.399. The highest BCUT2D eigenvalue weighted by molar-refractivity contribution is 9.10. The quantitative estimate of drug-likeness (QED) is 0.916. The third-order valence-corrected chi connectivity index (χ3v) is 3.75. The minimum Gasteiger partial charge on any atom is -0.480 e. The summed E-state index contributed by atoms with van der Waals surface area (Å²) < 4.78 is 9.61. The number of halogens is 1. The Hall–Kier alpha value is -0.620. The highest BCUT2D eigenvalue weighted by Crippen LogP contribution is 2.31. The first-order valence-electron chi connectivity index (χ1n) is 4.22. The van der Waals surface area contributed by atoms with Gasteiger partial charge in [0.25, 0.3) is 5.91 Å². The number of carbonyl (C=O) groups excluding carboxylic acids is 1. The Morgan fingerprint density at radius 2 is 2.43 bits per heavy atom. The van der Waals surface area contributed by atoms with Crippen molar-refractivity contribution in [3.8, 4) is 5.88 Å². The van der Waals surface area contributed by atoms with E-state index in [1.54, 1.807) is 0 Å². The van der Waals surface area contributed by atoms with Crippen molar-refractivity contribution in [2.24, 2.45) is 0 Å². The number of rotatable bonds is 3. The maximum Gasteiger partial charge on any atom is 0.264 e. The van der Waals surface area contributed by atoms with Crippen LogP contribution in [0.4, 0.5) is 0 Å². The van der Waals surface area contributed by atoms with Crippen LogP contribution in [-0.4, -0.2) is 23.4 Å². The number of carbonyl (C=O) groups is 1. The molecule has 0 spiro atoms. The van der Waals surface area contributed by atoms with Crippen LogP contribution in [0, 0.1) is 0 Å². The van der Waals surface area contributed by atoms with Crippen molar-refractivity contribution in [2.45, 2.75) is 18.9 Å². The third kappa shape index (κ3) is 1.90. The summed E-state index contributed by atoms with van der Waals surface area (Å²) in [6, 6.07) is 0.363. The van der Waals surface area contributed by atoms with Gasteiger partial charge in [0.2, 0.25) is 5.88 Å². The van der Waals surface area contributed by atoms with Crippen molar-refractivity contribution in [3.05, 3.63) is 9.35 Å². The Morgan fingerprint density at radius 3 is 2.93 bits per heavy atom. The first-order valence-corrected chi connectivity index (χ1v) is 5.79. The first kappa shape index (κ1) is 9.92. The van der Waals surface area contributed by atoms with Crippen LogP contribution in [0.5, 0.6) is 5.88 Å². The maximum absolute atomic E-state index is 11.6. The standard InChI is InChI=1S/C8H9BrN2O2S/c1-13-8-5(9)6(14-11-8)7(12)10-4-2-3-4/h4H,2-3H2,1H3,(H,10,12). The van der Waals surface area contributed by atoms with Gasteiger partial charge in [-0.2, -0.15) is 4.37 Å². The normalized spacial score (nSPS) is 15.3. The molecule has 0 saturated heterocycles. The predicted octanol–water partition coefficient (Wildman–Crippen LogP) is 1.81. The fraction of sp³-hybridized carbons (Fsp3) is 0.500. The Kier molecular flexibility index (Phi) is 2.73. The number of hydrogen-bond donors (Lipinski definition) is 1. The second-order valence-corrected chi connectivity index (χ2v) is 4.65. The number of hydrogen-bond acceptors (Lipinski definition) is 4. The molecule has 76 valence electrons. The average molecular weight is 277 g/mol. The molecule has 0 aliphatic heterocycles. The lowest BCUT2D eigenvalue weighted by Gasteiger charge is -1.99. The van der Waals surface area contributed by atoms with Crippen LogP contribution < -0.4 is 10.1 Å². The Bertz CT molecular complexity index is 362. The lowest BCUT2D eigenvalue weighted by atomic mass is 10.4. The molecule has 1 aliphatic carbocycles. The van der Waals surface area contributed by atoms with Crippen LogP contribution in [0.2, 0.25) is 0 Å². The maximum atomic E-state index is 11.6. The summed E-state index contributed by atoms with van der Waals surface area (Å²) in [4.78, 5) is 12.2. The monoisotopic (exact) mass is 276 g/mol. The van der Waals surface area contributed by atoms with Crippen LogP contribution in [0.3, 0.4) is 0 Å². The van der Waals surface area contributed by atoms with Crippen LogP contribution in [0.25, 0.3) is 0 Å². The molecule has 0 aromatic carbocycles. The van der Waals surface area contributed by atoms with Gasteiger partial charge < -0.3 is 10.1 Å². The fourth-order valence-corrected chi connectivity index (χ4v) is 2.43. The van der Waals surface area contributed by atoms with Gasteiger partial charge in [0.15, 0.2) is 0 Å². The first-order chi connectivity index (χ1) is 6.72. The molecule has 1 saturated carbocycles. The van der Waals surface area contributed by atoms with Crippen molar-refractivity contribution in [3.63, 3.8) is 0 Å². The fourth-order valence-electron chi connectivity index (χ4n) is 1.01. The second-order valence-electron chi connectivity index (χ2n) is 3.08. The molecule has 1 aromatic heterocycles. The minimum absolute atomic E-state index is 0.0693. The SMILES string of the molecule is COc1nsc(C(=O)NC2CC2)c1Br. The zero-order valence-electron chi connectivity index (χ0n) is 7.54. The molecule has 0 unspecified atom stereocenters. The molecule has 1 aromatic rings. The summed E-state index contributed by atoms with van der Waals surface area (Å²) in [5.41, 5.74) is 0. The molecule has 1 N–H and O–H groups in total. The molecule has 0 atom stereocenters. The summed E-state index contributed by atoms with van der Waals surface area (Å²) in [6.45, 7) is 0. The molecular weight excluding hydrogens is 268 g/mol. The average Bonchev–Trinajstić information content (AvgIpc) is 2.88. The molecule has 2 rings (SSSR count). The molecule has 1 aliphatic rings. The number of aromatic nitrogens is 1. The molecule has 1 heterocycles. The van der Waals surface area contributed by atoms with E-state index in [0.717, 1.165) is 24.4 Å². The second kappa shape index (κ2) is 3.86. The van der Waals surface area contributed by atoms with Crippen molar-refractivity contribution in [1.82, 2.24) is 9.69 Å². The summed E-state index contributed by atoms with van der Waals surface area (Å²) in [7, 11) is 1.53. The van der Waals surface area contributed by atoms with Crippen molar-refractivity contribution >= 4 is 33.4 Å². The lowest BCUT2D eigenvalue weighted by molar-refractivity contribution is 0.0954.